The molecular formula is C29H33N3O5S. The van der Waals surface area contributed by atoms with E-state index in [9.17, 15) is 18.0 Å². The van der Waals surface area contributed by atoms with Crippen LogP contribution in [-0.4, -0.2) is 45.5 Å². The summed E-state index contributed by atoms with van der Waals surface area (Å²) in [4.78, 5) is 28.0. The molecule has 1 aliphatic heterocycles. The Kier molecular flexibility index (Phi) is 8.81. The van der Waals surface area contributed by atoms with Crippen LogP contribution < -0.4 is 19.7 Å². The van der Waals surface area contributed by atoms with Gasteiger partial charge in [-0.15, -0.1) is 0 Å². The van der Waals surface area contributed by atoms with Crippen molar-refractivity contribution in [1.82, 2.24) is 10.0 Å². The second-order valence-electron chi connectivity index (χ2n) is 9.53. The Balaban J connectivity index is 1.38. The Morgan fingerprint density at radius 3 is 2.29 bits per heavy atom. The van der Waals surface area contributed by atoms with E-state index in [1.54, 1.807) is 61.2 Å². The highest BCUT2D eigenvalue weighted by Crippen LogP contribution is 2.33. The van der Waals surface area contributed by atoms with Crippen LogP contribution in [0.25, 0.3) is 0 Å². The van der Waals surface area contributed by atoms with Gasteiger partial charge in [0.15, 0.2) is 6.10 Å². The molecule has 8 nitrogen and oxygen atoms in total. The number of sulfonamides is 1. The zero-order valence-electron chi connectivity index (χ0n) is 21.6. The minimum atomic E-state index is -3.57. The lowest BCUT2D eigenvalue weighted by atomic mass is 10.1. The molecule has 0 saturated heterocycles. The normalized spacial score (nSPS) is 15.0. The van der Waals surface area contributed by atoms with Crippen molar-refractivity contribution in [2.75, 3.05) is 18.0 Å². The summed E-state index contributed by atoms with van der Waals surface area (Å²) >= 11 is 0. The van der Waals surface area contributed by atoms with Crippen molar-refractivity contribution in [2.24, 2.45) is 0 Å². The number of amides is 2. The van der Waals surface area contributed by atoms with E-state index >= 15 is 0 Å². The van der Waals surface area contributed by atoms with Gasteiger partial charge in [-0.1, -0.05) is 54.6 Å². The lowest BCUT2D eigenvalue weighted by Crippen LogP contribution is -2.51. The molecular weight excluding hydrogens is 502 g/mol. The standard InChI is InChI=1S/C29H33N3O5S/c1-21(2)31-38(35,36)24-15-12-23(13-16-24)14-17-28(33)32-20-27(37-26-11-7-6-10-25(26)32)29(34)30-19-18-22-8-4-3-5-9-22/h3-13,15-16,21,27,31H,14,17-20H2,1-2H3,(H,30,34)/t27-/m0/s1. The van der Waals surface area contributed by atoms with Crippen LogP contribution in [0.3, 0.4) is 0 Å². The van der Waals surface area contributed by atoms with Gasteiger partial charge in [0.25, 0.3) is 5.91 Å². The van der Waals surface area contributed by atoms with E-state index in [1.807, 2.05) is 36.4 Å². The minimum Gasteiger partial charge on any atom is -0.477 e. The first kappa shape index (κ1) is 27.3. The van der Waals surface area contributed by atoms with Gasteiger partial charge in [-0.3, -0.25) is 9.59 Å². The molecule has 200 valence electrons. The third kappa shape index (κ3) is 6.99. The summed E-state index contributed by atoms with van der Waals surface area (Å²) in [5, 5.41) is 2.92. The monoisotopic (exact) mass is 535 g/mol. The molecule has 0 radical (unpaired) electrons. The number of aryl methyl sites for hydroxylation is 1. The molecule has 0 saturated carbocycles. The van der Waals surface area contributed by atoms with E-state index in [-0.39, 0.29) is 35.7 Å². The average Bonchev–Trinajstić information content (AvgIpc) is 2.91. The summed E-state index contributed by atoms with van der Waals surface area (Å²) in [5.74, 6) is 0.0866. The maximum absolute atomic E-state index is 13.3. The molecule has 9 heteroatoms. The summed E-state index contributed by atoms with van der Waals surface area (Å²) in [6.45, 7) is 4.11. The fourth-order valence-corrected chi connectivity index (χ4v) is 5.55. The second kappa shape index (κ2) is 12.2. The first-order chi connectivity index (χ1) is 18.2. The fraction of sp³-hybridized carbons (Fsp3) is 0.310. The molecule has 4 rings (SSSR count). The van der Waals surface area contributed by atoms with E-state index in [2.05, 4.69) is 10.0 Å². The smallest absolute Gasteiger partial charge is 0.262 e. The van der Waals surface area contributed by atoms with Gasteiger partial charge in [0.1, 0.15) is 5.75 Å². The minimum absolute atomic E-state index is 0.116. The summed E-state index contributed by atoms with van der Waals surface area (Å²) in [6.07, 6.45) is 0.520. The second-order valence-corrected chi connectivity index (χ2v) is 11.2. The Labute approximate surface area is 224 Å². The number of carbonyl (C=O) groups is 2. The van der Waals surface area contributed by atoms with E-state index in [1.165, 1.54) is 0 Å². The summed E-state index contributed by atoms with van der Waals surface area (Å²) < 4.78 is 33.2. The largest absolute Gasteiger partial charge is 0.477 e. The number of ether oxygens (including phenoxy) is 1. The number of hydrogen-bond acceptors (Lipinski definition) is 5. The van der Waals surface area contributed by atoms with Gasteiger partial charge in [0.05, 0.1) is 17.1 Å². The SMILES string of the molecule is CC(C)NS(=O)(=O)c1ccc(CCC(=O)N2C[C@@H](C(=O)NCCc3ccccc3)Oc3ccccc32)cc1. The predicted octanol–water partition coefficient (Wildman–Crippen LogP) is 3.46. The van der Waals surface area contributed by atoms with Crippen molar-refractivity contribution < 1.29 is 22.7 Å². The molecule has 0 aliphatic carbocycles. The molecule has 2 N–H and O–H groups in total. The number of carbonyl (C=O) groups excluding carboxylic acids is 2. The molecule has 3 aromatic carbocycles. The van der Waals surface area contributed by atoms with E-state index < -0.39 is 16.1 Å². The van der Waals surface area contributed by atoms with Crippen molar-refractivity contribution in [2.45, 2.75) is 50.2 Å². The van der Waals surface area contributed by atoms with Gasteiger partial charge in [-0.25, -0.2) is 13.1 Å². The first-order valence-corrected chi connectivity index (χ1v) is 14.2. The quantitative estimate of drug-likeness (QED) is 0.414. The zero-order valence-corrected chi connectivity index (χ0v) is 22.4. The van der Waals surface area contributed by atoms with Crippen molar-refractivity contribution in [3.8, 4) is 5.75 Å². The lowest BCUT2D eigenvalue weighted by molar-refractivity contribution is -0.128. The van der Waals surface area contributed by atoms with Crippen molar-refractivity contribution >= 4 is 27.5 Å². The summed E-state index contributed by atoms with van der Waals surface area (Å²) in [5.41, 5.74) is 2.60. The molecule has 0 aromatic heterocycles. The maximum Gasteiger partial charge on any atom is 0.262 e. The van der Waals surface area contributed by atoms with Crippen molar-refractivity contribution in [1.29, 1.82) is 0 Å². The van der Waals surface area contributed by atoms with Crippen LogP contribution in [0.2, 0.25) is 0 Å². The number of para-hydroxylation sites is 2. The number of nitrogens with zero attached hydrogens (tertiary/aromatic N) is 1. The average molecular weight is 536 g/mol. The van der Waals surface area contributed by atoms with Crippen LogP contribution in [0.4, 0.5) is 5.69 Å². The molecule has 0 fully saturated rings. The molecule has 1 atom stereocenters. The number of fused-ring (bicyclic) bond motifs is 1. The number of benzene rings is 3. The van der Waals surface area contributed by atoms with Crippen LogP contribution in [0.5, 0.6) is 5.75 Å². The zero-order chi connectivity index (χ0) is 27.1. The summed E-state index contributed by atoms with van der Waals surface area (Å²) in [7, 11) is -3.57. The Bertz CT molecular complexity index is 1360. The number of anilines is 1. The highest BCUT2D eigenvalue weighted by Gasteiger charge is 2.33. The number of rotatable bonds is 10. The fourth-order valence-electron chi connectivity index (χ4n) is 4.30. The van der Waals surface area contributed by atoms with Crippen LogP contribution in [0.1, 0.15) is 31.4 Å². The van der Waals surface area contributed by atoms with Crippen LogP contribution >= 0.6 is 0 Å². The maximum atomic E-state index is 13.3. The Hall–Kier alpha value is -3.69. The molecule has 1 heterocycles. The van der Waals surface area contributed by atoms with Gasteiger partial charge in [-0.05, 0) is 62.1 Å². The number of nitrogens with one attached hydrogen (secondary N) is 2. The van der Waals surface area contributed by atoms with Gasteiger partial charge in [0, 0.05) is 19.0 Å². The molecule has 38 heavy (non-hydrogen) atoms. The van der Waals surface area contributed by atoms with Crippen molar-refractivity contribution in [3.63, 3.8) is 0 Å². The predicted molar refractivity (Wildman–Crippen MR) is 147 cm³/mol. The molecule has 3 aromatic rings. The molecule has 0 unspecified atom stereocenters. The third-order valence-corrected chi connectivity index (χ3v) is 7.85. The van der Waals surface area contributed by atoms with E-state index in [0.29, 0.717) is 30.8 Å². The highest BCUT2D eigenvalue weighted by molar-refractivity contribution is 7.89. The van der Waals surface area contributed by atoms with Crippen LogP contribution in [0, 0.1) is 0 Å². The molecule has 0 bridgehead atoms. The van der Waals surface area contributed by atoms with Gasteiger partial charge in [-0.2, -0.15) is 0 Å². The van der Waals surface area contributed by atoms with Crippen LogP contribution in [-0.2, 0) is 32.5 Å². The number of hydrogen-bond donors (Lipinski definition) is 2. The third-order valence-electron chi connectivity index (χ3n) is 6.17. The molecule has 2 amide bonds. The molecule has 0 spiro atoms. The van der Waals surface area contributed by atoms with Gasteiger partial charge in [0.2, 0.25) is 15.9 Å². The first-order valence-electron chi connectivity index (χ1n) is 12.7. The Morgan fingerprint density at radius 2 is 1.58 bits per heavy atom. The van der Waals surface area contributed by atoms with Gasteiger partial charge >= 0.3 is 0 Å². The van der Waals surface area contributed by atoms with E-state index in [0.717, 1.165) is 11.1 Å². The topological polar surface area (TPSA) is 105 Å². The highest BCUT2D eigenvalue weighted by atomic mass is 32.2. The summed E-state index contributed by atoms with van der Waals surface area (Å²) in [6, 6.07) is 23.4. The van der Waals surface area contributed by atoms with Crippen LogP contribution in [0.15, 0.2) is 83.8 Å². The van der Waals surface area contributed by atoms with Gasteiger partial charge < -0.3 is 15.0 Å². The Morgan fingerprint density at radius 1 is 0.921 bits per heavy atom. The van der Waals surface area contributed by atoms with Crippen molar-refractivity contribution in [3.05, 3.63) is 90.0 Å². The lowest BCUT2D eigenvalue weighted by Gasteiger charge is -2.34. The van der Waals surface area contributed by atoms with E-state index in [4.69, 9.17) is 4.74 Å². The molecule has 1 aliphatic rings.